The number of rotatable bonds is 5. The van der Waals surface area contributed by atoms with Crippen molar-refractivity contribution in [2.75, 3.05) is 12.0 Å². The minimum atomic E-state index is -3.44. The Bertz CT molecular complexity index is 413. The number of aryl methyl sites for hydroxylation is 1. The second-order valence-electron chi connectivity index (χ2n) is 3.31. The smallest absolute Gasteiger partial charge is 0.257 e. The molecule has 86 valence electrons. The summed E-state index contributed by atoms with van der Waals surface area (Å²) >= 11 is 1.60. The highest BCUT2D eigenvalue weighted by atomic mass is 32.2. The number of imidazole rings is 1. The fourth-order valence-corrected chi connectivity index (χ4v) is 3.05. The molecule has 0 spiro atoms. The van der Waals surface area contributed by atoms with Crippen LogP contribution in [0.25, 0.3) is 0 Å². The normalized spacial score (nSPS) is 14.1. The van der Waals surface area contributed by atoms with Crippen LogP contribution >= 0.6 is 11.8 Å². The number of hydrogen-bond acceptors (Lipinski definition) is 4. The molecule has 0 radical (unpaired) electrons. The molecule has 0 aromatic carbocycles. The predicted molar refractivity (Wildman–Crippen MR) is 61.5 cm³/mol. The van der Waals surface area contributed by atoms with Crippen LogP contribution in [0.1, 0.15) is 12.7 Å². The van der Waals surface area contributed by atoms with Crippen LogP contribution in [0.15, 0.2) is 11.2 Å². The topological polar surface area (TPSA) is 74.8 Å². The van der Waals surface area contributed by atoms with Gasteiger partial charge in [0, 0.05) is 11.8 Å². The average molecular weight is 249 g/mol. The monoisotopic (exact) mass is 249 g/mol. The van der Waals surface area contributed by atoms with Crippen LogP contribution in [0, 0.1) is 6.92 Å². The average Bonchev–Trinajstić information content (AvgIpc) is 2.51. The summed E-state index contributed by atoms with van der Waals surface area (Å²) < 4.78 is 26.0. The summed E-state index contributed by atoms with van der Waals surface area (Å²) in [6, 6.07) is -0.0893. The van der Waals surface area contributed by atoms with Crippen molar-refractivity contribution in [3.63, 3.8) is 0 Å². The molecule has 2 N–H and O–H groups in total. The van der Waals surface area contributed by atoms with Crippen molar-refractivity contribution in [3.8, 4) is 0 Å². The summed E-state index contributed by atoms with van der Waals surface area (Å²) in [5, 5.41) is 0.118. The van der Waals surface area contributed by atoms with Crippen LogP contribution in [0.3, 0.4) is 0 Å². The Hall–Kier alpha value is -0.530. The van der Waals surface area contributed by atoms with Gasteiger partial charge in [0.2, 0.25) is 0 Å². The van der Waals surface area contributed by atoms with Gasteiger partial charge in [-0.1, -0.05) is 0 Å². The Morgan fingerprint density at radius 1 is 1.67 bits per heavy atom. The van der Waals surface area contributed by atoms with Gasteiger partial charge in [0.25, 0.3) is 10.0 Å². The molecule has 1 aromatic heterocycles. The standard InChI is InChI=1S/C8H15N3O2S2/c1-6(5-14-3)11-15(12,13)8-4-9-7(2)10-8/h4,6,11H,5H2,1-3H3,(H,9,10). The van der Waals surface area contributed by atoms with E-state index in [1.807, 2.05) is 13.2 Å². The molecule has 1 atom stereocenters. The molecule has 0 saturated heterocycles. The minimum absolute atomic E-state index is 0.0893. The van der Waals surface area contributed by atoms with Crippen LogP contribution in [-0.2, 0) is 10.0 Å². The van der Waals surface area contributed by atoms with Crippen molar-refractivity contribution in [2.45, 2.75) is 24.9 Å². The maximum atomic E-state index is 11.7. The highest BCUT2D eigenvalue weighted by Gasteiger charge is 2.18. The molecule has 0 amide bonds. The van der Waals surface area contributed by atoms with E-state index in [0.29, 0.717) is 5.82 Å². The van der Waals surface area contributed by atoms with Gasteiger partial charge in [-0.05, 0) is 20.1 Å². The molecule has 1 unspecified atom stereocenters. The van der Waals surface area contributed by atoms with Gasteiger partial charge in [0.1, 0.15) is 5.82 Å². The van der Waals surface area contributed by atoms with Crippen molar-refractivity contribution >= 4 is 21.8 Å². The van der Waals surface area contributed by atoms with Gasteiger partial charge in [0.15, 0.2) is 5.03 Å². The van der Waals surface area contributed by atoms with E-state index in [1.54, 1.807) is 18.7 Å². The lowest BCUT2D eigenvalue weighted by Crippen LogP contribution is -2.34. The highest BCUT2D eigenvalue weighted by molar-refractivity contribution is 7.98. The van der Waals surface area contributed by atoms with Crippen LogP contribution in [0.2, 0.25) is 0 Å². The molecule has 0 aliphatic carbocycles. The molecule has 1 heterocycles. The Morgan fingerprint density at radius 2 is 2.33 bits per heavy atom. The molecule has 5 nitrogen and oxygen atoms in total. The molecule has 0 bridgehead atoms. The second kappa shape index (κ2) is 5.00. The Balaban J connectivity index is 2.76. The Kier molecular flexibility index (Phi) is 4.18. The minimum Gasteiger partial charge on any atom is -0.332 e. The summed E-state index contributed by atoms with van der Waals surface area (Å²) in [6.07, 6.45) is 3.26. The number of nitrogens with zero attached hydrogens (tertiary/aromatic N) is 1. The molecule has 15 heavy (non-hydrogen) atoms. The third kappa shape index (κ3) is 3.51. The maximum Gasteiger partial charge on any atom is 0.257 e. The van der Waals surface area contributed by atoms with Crippen molar-refractivity contribution in [1.82, 2.24) is 14.7 Å². The number of hydrogen-bond donors (Lipinski definition) is 2. The summed E-state index contributed by atoms with van der Waals surface area (Å²) in [6.45, 7) is 3.54. The zero-order chi connectivity index (χ0) is 11.5. The molecule has 1 rings (SSSR count). The molecular formula is C8H15N3O2S2. The van der Waals surface area contributed by atoms with E-state index in [-0.39, 0.29) is 11.1 Å². The van der Waals surface area contributed by atoms with Gasteiger partial charge in [0.05, 0.1) is 6.20 Å². The molecule has 1 aromatic rings. The number of nitrogens with one attached hydrogen (secondary N) is 2. The lowest BCUT2D eigenvalue weighted by Gasteiger charge is -2.11. The largest absolute Gasteiger partial charge is 0.332 e. The van der Waals surface area contributed by atoms with E-state index >= 15 is 0 Å². The SMILES string of the molecule is CSCC(C)NS(=O)(=O)c1cnc(C)[nH]1. The van der Waals surface area contributed by atoms with E-state index in [1.165, 1.54) is 6.20 Å². The van der Waals surface area contributed by atoms with Crippen LogP contribution in [0.5, 0.6) is 0 Å². The van der Waals surface area contributed by atoms with Crippen molar-refractivity contribution in [2.24, 2.45) is 0 Å². The Labute approximate surface area is 94.1 Å². The number of H-pyrrole nitrogens is 1. The molecule has 0 fully saturated rings. The zero-order valence-electron chi connectivity index (χ0n) is 8.94. The van der Waals surface area contributed by atoms with Crippen molar-refractivity contribution in [1.29, 1.82) is 0 Å². The second-order valence-corrected chi connectivity index (χ2v) is 5.90. The van der Waals surface area contributed by atoms with Gasteiger partial charge < -0.3 is 4.98 Å². The van der Waals surface area contributed by atoms with Gasteiger partial charge in [-0.15, -0.1) is 0 Å². The molecule has 0 aliphatic rings. The fourth-order valence-electron chi connectivity index (χ4n) is 1.15. The van der Waals surface area contributed by atoms with E-state index in [2.05, 4.69) is 14.7 Å². The summed E-state index contributed by atoms with van der Waals surface area (Å²) in [5.41, 5.74) is 0. The van der Waals surface area contributed by atoms with Crippen molar-refractivity contribution < 1.29 is 8.42 Å². The fraction of sp³-hybridized carbons (Fsp3) is 0.625. The molecule has 7 heteroatoms. The van der Waals surface area contributed by atoms with E-state index in [4.69, 9.17) is 0 Å². The first-order valence-electron chi connectivity index (χ1n) is 4.48. The van der Waals surface area contributed by atoms with Crippen LogP contribution in [0.4, 0.5) is 0 Å². The molecular weight excluding hydrogens is 234 g/mol. The lowest BCUT2D eigenvalue weighted by molar-refractivity contribution is 0.567. The van der Waals surface area contributed by atoms with Crippen LogP contribution in [-0.4, -0.2) is 36.4 Å². The maximum absolute atomic E-state index is 11.7. The first kappa shape index (κ1) is 12.5. The third-order valence-corrected chi connectivity index (χ3v) is 4.07. The van der Waals surface area contributed by atoms with Gasteiger partial charge in [-0.2, -0.15) is 11.8 Å². The number of aromatic amines is 1. The van der Waals surface area contributed by atoms with E-state index in [0.717, 1.165) is 5.75 Å². The Morgan fingerprint density at radius 3 is 2.80 bits per heavy atom. The lowest BCUT2D eigenvalue weighted by atomic mass is 10.4. The summed E-state index contributed by atoms with van der Waals surface area (Å²) in [4.78, 5) is 6.55. The summed E-state index contributed by atoms with van der Waals surface area (Å²) in [5.74, 6) is 1.33. The predicted octanol–water partition coefficient (Wildman–Crippen LogP) is 0.748. The highest BCUT2D eigenvalue weighted by Crippen LogP contribution is 2.07. The van der Waals surface area contributed by atoms with Crippen molar-refractivity contribution in [3.05, 3.63) is 12.0 Å². The molecule has 0 saturated carbocycles. The van der Waals surface area contributed by atoms with E-state index < -0.39 is 10.0 Å². The first-order chi connectivity index (χ1) is 6.95. The zero-order valence-corrected chi connectivity index (χ0v) is 10.6. The van der Waals surface area contributed by atoms with Gasteiger partial charge >= 0.3 is 0 Å². The number of sulfonamides is 1. The molecule has 0 aliphatic heterocycles. The first-order valence-corrected chi connectivity index (χ1v) is 7.36. The van der Waals surface area contributed by atoms with Gasteiger partial charge in [-0.25, -0.2) is 18.1 Å². The van der Waals surface area contributed by atoms with Gasteiger partial charge in [-0.3, -0.25) is 0 Å². The third-order valence-electron chi connectivity index (χ3n) is 1.74. The van der Waals surface area contributed by atoms with E-state index in [9.17, 15) is 8.42 Å². The van der Waals surface area contributed by atoms with Crippen LogP contribution < -0.4 is 4.72 Å². The summed E-state index contributed by atoms with van der Waals surface area (Å²) in [7, 11) is -3.44. The number of thioether (sulfide) groups is 1. The number of aromatic nitrogens is 2. The quantitative estimate of drug-likeness (QED) is 0.807.